The molecule has 2 nitrogen and oxygen atoms in total. The molecule has 19 heavy (non-hydrogen) atoms. The number of halogens is 1. The Balaban J connectivity index is 2.00. The summed E-state index contributed by atoms with van der Waals surface area (Å²) in [6, 6.07) is 20.7. The predicted molar refractivity (Wildman–Crippen MR) is 80.9 cm³/mol. The van der Waals surface area contributed by atoms with Gasteiger partial charge in [-0.1, -0.05) is 60.7 Å². The summed E-state index contributed by atoms with van der Waals surface area (Å²) in [5.41, 5.74) is 3.55. The second-order valence-corrected chi connectivity index (χ2v) is 5.11. The van der Waals surface area contributed by atoms with Gasteiger partial charge in [-0.15, -0.1) is 0 Å². The van der Waals surface area contributed by atoms with Gasteiger partial charge in [0, 0.05) is 12.1 Å². The van der Waals surface area contributed by atoms with Crippen LogP contribution in [0.5, 0.6) is 0 Å². The van der Waals surface area contributed by atoms with Crippen molar-refractivity contribution < 1.29 is 0 Å². The Bertz CT molecular complexity index is 660. The van der Waals surface area contributed by atoms with Gasteiger partial charge < -0.3 is 4.57 Å². The first-order valence-electron chi connectivity index (χ1n) is 6.14. The third-order valence-corrected chi connectivity index (χ3v) is 3.62. The van der Waals surface area contributed by atoms with Gasteiger partial charge >= 0.3 is 0 Å². The van der Waals surface area contributed by atoms with Crippen molar-refractivity contribution in [3.8, 4) is 11.3 Å². The topological polar surface area (TPSA) is 17.8 Å². The third kappa shape index (κ3) is 2.61. The van der Waals surface area contributed by atoms with E-state index in [1.807, 2.05) is 30.6 Å². The number of aromatic nitrogens is 2. The molecule has 94 valence electrons. The molecule has 0 atom stereocenters. The van der Waals surface area contributed by atoms with Crippen LogP contribution in [0.3, 0.4) is 0 Å². The van der Waals surface area contributed by atoms with Gasteiger partial charge in [-0.3, -0.25) is 0 Å². The molecule has 0 saturated heterocycles. The molecule has 1 heterocycles. The van der Waals surface area contributed by atoms with E-state index in [9.17, 15) is 0 Å². The van der Waals surface area contributed by atoms with Crippen LogP contribution < -0.4 is 0 Å². The molecule has 0 amide bonds. The minimum Gasteiger partial charge on any atom is -0.325 e. The molecule has 0 unspecified atom stereocenters. The molecule has 3 rings (SSSR count). The standard InChI is InChI=1S/C16H13BrN2/c17-16-15(14-9-5-2-6-10-14)19(12-18-16)11-13-7-3-1-4-8-13/h1-10,12H,11H2. The summed E-state index contributed by atoms with van der Waals surface area (Å²) in [7, 11) is 0. The van der Waals surface area contributed by atoms with Crippen LogP contribution in [0.15, 0.2) is 71.6 Å². The fraction of sp³-hybridized carbons (Fsp3) is 0.0625. The molecule has 0 bridgehead atoms. The Labute approximate surface area is 120 Å². The van der Waals surface area contributed by atoms with E-state index in [0.717, 1.165) is 16.8 Å². The van der Waals surface area contributed by atoms with Gasteiger partial charge in [-0.25, -0.2) is 4.98 Å². The number of hydrogen-bond donors (Lipinski definition) is 0. The molecule has 0 aliphatic carbocycles. The zero-order chi connectivity index (χ0) is 13.1. The SMILES string of the molecule is Brc1ncn(Cc2ccccc2)c1-c1ccccc1. The van der Waals surface area contributed by atoms with Crippen LogP contribution >= 0.6 is 15.9 Å². The van der Waals surface area contributed by atoms with Crippen molar-refractivity contribution in [2.45, 2.75) is 6.54 Å². The average Bonchev–Trinajstić information content (AvgIpc) is 2.82. The molecule has 2 aromatic carbocycles. The first kappa shape index (κ1) is 12.2. The van der Waals surface area contributed by atoms with E-state index in [1.165, 1.54) is 11.1 Å². The van der Waals surface area contributed by atoms with Gasteiger partial charge in [0.1, 0.15) is 4.60 Å². The first-order valence-corrected chi connectivity index (χ1v) is 6.94. The second kappa shape index (κ2) is 5.41. The summed E-state index contributed by atoms with van der Waals surface area (Å²) >= 11 is 3.54. The van der Waals surface area contributed by atoms with Crippen molar-refractivity contribution in [2.24, 2.45) is 0 Å². The molecule has 0 saturated carbocycles. The Kier molecular flexibility index (Phi) is 3.47. The number of hydrogen-bond acceptors (Lipinski definition) is 1. The fourth-order valence-corrected chi connectivity index (χ4v) is 2.69. The van der Waals surface area contributed by atoms with Crippen molar-refractivity contribution in [1.82, 2.24) is 9.55 Å². The lowest BCUT2D eigenvalue weighted by Gasteiger charge is -2.09. The molecular weight excluding hydrogens is 300 g/mol. The van der Waals surface area contributed by atoms with E-state index >= 15 is 0 Å². The quantitative estimate of drug-likeness (QED) is 0.702. The molecule has 0 fully saturated rings. The normalized spacial score (nSPS) is 10.6. The highest BCUT2D eigenvalue weighted by atomic mass is 79.9. The maximum atomic E-state index is 4.37. The highest BCUT2D eigenvalue weighted by molar-refractivity contribution is 9.10. The lowest BCUT2D eigenvalue weighted by molar-refractivity contribution is 0.804. The molecule has 0 aliphatic heterocycles. The highest BCUT2D eigenvalue weighted by Crippen LogP contribution is 2.27. The molecule has 0 N–H and O–H groups in total. The van der Waals surface area contributed by atoms with Crippen LogP contribution in [0.4, 0.5) is 0 Å². The largest absolute Gasteiger partial charge is 0.325 e. The summed E-state index contributed by atoms with van der Waals surface area (Å²) in [4.78, 5) is 4.37. The van der Waals surface area contributed by atoms with Gasteiger partial charge in [-0.05, 0) is 21.5 Å². The van der Waals surface area contributed by atoms with Crippen molar-refractivity contribution in [3.63, 3.8) is 0 Å². The van der Waals surface area contributed by atoms with Gasteiger partial charge in [0.15, 0.2) is 0 Å². The van der Waals surface area contributed by atoms with Crippen LogP contribution in [0, 0.1) is 0 Å². The van der Waals surface area contributed by atoms with Gasteiger partial charge in [0.25, 0.3) is 0 Å². The number of benzene rings is 2. The van der Waals surface area contributed by atoms with Crippen molar-refractivity contribution in [1.29, 1.82) is 0 Å². The summed E-state index contributed by atoms with van der Waals surface area (Å²) in [5, 5.41) is 0. The minimum absolute atomic E-state index is 0.823. The fourth-order valence-electron chi connectivity index (χ4n) is 2.14. The van der Waals surface area contributed by atoms with Crippen LogP contribution in [0.1, 0.15) is 5.56 Å². The van der Waals surface area contributed by atoms with Gasteiger partial charge in [-0.2, -0.15) is 0 Å². The Morgan fingerprint density at radius 1 is 0.895 bits per heavy atom. The zero-order valence-corrected chi connectivity index (χ0v) is 11.9. The summed E-state index contributed by atoms with van der Waals surface area (Å²) in [5.74, 6) is 0. The highest BCUT2D eigenvalue weighted by Gasteiger charge is 2.10. The first-order chi connectivity index (χ1) is 9.34. The van der Waals surface area contributed by atoms with Crippen LogP contribution in [-0.2, 0) is 6.54 Å². The Hall–Kier alpha value is -1.87. The van der Waals surface area contributed by atoms with Crippen LogP contribution in [0.2, 0.25) is 0 Å². The number of rotatable bonds is 3. The second-order valence-electron chi connectivity index (χ2n) is 4.36. The molecule has 0 aliphatic rings. The maximum absolute atomic E-state index is 4.37. The Morgan fingerprint density at radius 3 is 2.21 bits per heavy atom. The molecule has 3 heteroatoms. The van der Waals surface area contributed by atoms with Crippen molar-refractivity contribution in [3.05, 3.63) is 77.2 Å². The van der Waals surface area contributed by atoms with Crippen LogP contribution in [-0.4, -0.2) is 9.55 Å². The zero-order valence-electron chi connectivity index (χ0n) is 10.3. The predicted octanol–water partition coefficient (Wildman–Crippen LogP) is 4.36. The van der Waals surface area contributed by atoms with Gasteiger partial charge in [0.2, 0.25) is 0 Å². The van der Waals surface area contributed by atoms with Crippen LogP contribution in [0.25, 0.3) is 11.3 Å². The van der Waals surface area contributed by atoms with E-state index in [0.29, 0.717) is 0 Å². The van der Waals surface area contributed by atoms with E-state index < -0.39 is 0 Å². The van der Waals surface area contributed by atoms with E-state index in [4.69, 9.17) is 0 Å². The summed E-state index contributed by atoms with van der Waals surface area (Å²) in [6.45, 7) is 0.823. The van der Waals surface area contributed by atoms with E-state index in [-0.39, 0.29) is 0 Å². The monoisotopic (exact) mass is 312 g/mol. The minimum atomic E-state index is 0.823. The third-order valence-electron chi connectivity index (χ3n) is 3.04. The number of imidazole rings is 1. The maximum Gasteiger partial charge on any atom is 0.132 e. The summed E-state index contributed by atoms with van der Waals surface area (Å²) in [6.07, 6.45) is 1.87. The Morgan fingerprint density at radius 2 is 1.53 bits per heavy atom. The molecule has 1 aromatic heterocycles. The molecule has 0 spiro atoms. The summed E-state index contributed by atoms with van der Waals surface area (Å²) < 4.78 is 3.05. The number of nitrogens with zero attached hydrogens (tertiary/aromatic N) is 2. The van der Waals surface area contributed by atoms with Crippen molar-refractivity contribution in [2.75, 3.05) is 0 Å². The molecule has 0 radical (unpaired) electrons. The average molecular weight is 313 g/mol. The van der Waals surface area contributed by atoms with E-state index in [2.05, 4.69) is 61.9 Å². The molecule has 3 aromatic rings. The van der Waals surface area contributed by atoms with Gasteiger partial charge in [0.05, 0.1) is 12.0 Å². The lowest BCUT2D eigenvalue weighted by Crippen LogP contribution is -2.00. The van der Waals surface area contributed by atoms with Crippen molar-refractivity contribution >= 4 is 15.9 Å². The lowest BCUT2D eigenvalue weighted by atomic mass is 10.1. The van der Waals surface area contributed by atoms with E-state index in [1.54, 1.807) is 0 Å². The smallest absolute Gasteiger partial charge is 0.132 e. The molecular formula is C16H13BrN2.